The van der Waals surface area contributed by atoms with Crippen molar-refractivity contribution in [1.82, 2.24) is 14.9 Å². The number of carbonyl (C=O) groups is 1. The third-order valence-corrected chi connectivity index (χ3v) is 3.21. The average molecular weight is 272 g/mol. The SMILES string of the molecule is Cc1nccn1CCNC(=O)[C@@H](N)Cc1ccccc1. The number of nitrogens with one attached hydrogen (secondary N) is 1. The van der Waals surface area contributed by atoms with Crippen LogP contribution < -0.4 is 11.1 Å². The highest BCUT2D eigenvalue weighted by molar-refractivity contribution is 5.81. The average Bonchev–Trinajstić information content (AvgIpc) is 2.85. The summed E-state index contributed by atoms with van der Waals surface area (Å²) in [4.78, 5) is 16.0. The fourth-order valence-electron chi connectivity index (χ4n) is 2.03. The molecule has 5 nitrogen and oxygen atoms in total. The zero-order valence-electron chi connectivity index (χ0n) is 11.6. The molecule has 5 heteroatoms. The number of amides is 1. The van der Waals surface area contributed by atoms with E-state index in [0.29, 0.717) is 19.5 Å². The van der Waals surface area contributed by atoms with Gasteiger partial charge in [-0.05, 0) is 18.9 Å². The van der Waals surface area contributed by atoms with Gasteiger partial charge in [0.15, 0.2) is 0 Å². The number of carbonyl (C=O) groups excluding carboxylic acids is 1. The van der Waals surface area contributed by atoms with E-state index in [1.807, 2.05) is 48.0 Å². The predicted molar refractivity (Wildman–Crippen MR) is 78.1 cm³/mol. The first-order chi connectivity index (χ1) is 9.66. The molecule has 3 N–H and O–H groups in total. The first-order valence-corrected chi connectivity index (χ1v) is 6.72. The molecule has 2 aromatic rings. The van der Waals surface area contributed by atoms with Crippen LogP contribution >= 0.6 is 0 Å². The van der Waals surface area contributed by atoms with Crippen LogP contribution in [0.15, 0.2) is 42.7 Å². The van der Waals surface area contributed by atoms with Crippen LogP contribution in [-0.4, -0.2) is 28.0 Å². The first kappa shape index (κ1) is 14.3. The molecule has 0 aliphatic rings. The van der Waals surface area contributed by atoms with Crippen LogP contribution in [0.4, 0.5) is 0 Å². The van der Waals surface area contributed by atoms with Crippen molar-refractivity contribution in [2.75, 3.05) is 6.54 Å². The zero-order valence-corrected chi connectivity index (χ0v) is 11.6. The van der Waals surface area contributed by atoms with Gasteiger partial charge in [0.2, 0.25) is 5.91 Å². The minimum atomic E-state index is -0.513. The number of aromatic nitrogens is 2. The van der Waals surface area contributed by atoms with Crippen LogP contribution in [0.3, 0.4) is 0 Å². The minimum absolute atomic E-state index is 0.119. The van der Waals surface area contributed by atoms with Gasteiger partial charge in [-0.15, -0.1) is 0 Å². The topological polar surface area (TPSA) is 72.9 Å². The minimum Gasteiger partial charge on any atom is -0.353 e. The molecule has 0 fully saturated rings. The number of hydrogen-bond acceptors (Lipinski definition) is 3. The molecule has 2 rings (SSSR count). The molecule has 0 saturated heterocycles. The molecule has 0 spiro atoms. The zero-order chi connectivity index (χ0) is 14.4. The second kappa shape index (κ2) is 6.86. The number of hydrogen-bond donors (Lipinski definition) is 2. The van der Waals surface area contributed by atoms with Crippen LogP contribution in [-0.2, 0) is 17.8 Å². The van der Waals surface area contributed by atoms with Crippen molar-refractivity contribution in [3.63, 3.8) is 0 Å². The largest absolute Gasteiger partial charge is 0.353 e. The van der Waals surface area contributed by atoms with E-state index in [1.54, 1.807) is 6.20 Å². The number of nitrogens with zero attached hydrogens (tertiary/aromatic N) is 2. The van der Waals surface area contributed by atoms with E-state index < -0.39 is 6.04 Å². The van der Waals surface area contributed by atoms with Gasteiger partial charge in [-0.25, -0.2) is 4.98 Å². The maximum absolute atomic E-state index is 11.9. The fourth-order valence-corrected chi connectivity index (χ4v) is 2.03. The van der Waals surface area contributed by atoms with E-state index in [1.165, 1.54) is 0 Å². The van der Waals surface area contributed by atoms with Crippen molar-refractivity contribution in [1.29, 1.82) is 0 Å². The highest BCUT2D eigenvalue weighted by atomic mass is 16.2. The normalized spacial score (nSPS) is 12.1. The molecule has 0 aliphatic heterocycles. The molecule has 0 aliphatic carbocycles. The van der Waals surface area contributed by atoms with Crippen LogP contribution in [0.25, 0.3) is 0 Å². The standard InChI is InChI=1S/C15H20N4O/c1-12-17-7-9-19(12)10-8-18-15(20)14(16)11-13-5-3-2-4-6-13/h2-7,9,14H,8,10-11,16H2,1H3,(H,18,20)/t14-/m0/s1. The molecule has 0 saturated carbocycles. The Balaban J connectivity index is 1.76. The number of aryl methyl sites for hydroxylation is 1. The van der Waals surface area contributed by atoms with Crippen LogP contribution in [0.5, 0.6) is 0 Å². The fraction of sp³-hybridized carbons (Fsp3) is 0.333. The Morgan fingerprint density at radius 2 is 2.15 bits per heavy atom. The lowest BCUT2D eigenvalue weighted by Gasteiger charge is -2.13. The van der Waals surface area contributed by atoms with Gasteiger partial charge in [-0.3, -0.25) is 4.79 Å². The summed E-state index contributed by atoms with van der Waals surface area (Å²) in [6.07, 6.45) is 4.19. The molecular weight excluding hydrogens is 252 g/mol. The van der Waals surface area contributed by atoms with Gasteiger partial charge < -0.3 is 15.6 Å². The molecule has 1 amide bonds. The second-order valence-corrected chi connectivity index (χ2v) is 4.76. The Labute approximate surface area is 118 Å². The molecule has 1 heterocycles. The van der Waals surface area contributed by atoms with E-state index >= 15 is 0 Å². The van der Waals surface area contributed by atoms with Crippen molar-refractivity contribution in [3.8, 4) is 0 Å². The molecule has 1 aromatic carbocycles. The number of nitrogens with two attached hydrogens (primary N) is 1. The van der Waals surface area contributed by atoms with E-state index in [4.69, 9.17) is 5.73 Å². The maximum atomic E-state index is 11.9. The van der Waals surface area contributed by atoms with Crippen LogP contribution in [0.2, 0.25) is 0 Å². The van der Waals surface area contributed by atoms with E-state index in [9.17, 15) is 4.79 Å². The molecule has 20 heavy (non-hydrogen) atoms. The summed E-state index contributed by atoms with van der Waals surface area (Å²) in [7, 11) is 0. The quantitative estimate of drug-likeness (QED) is 0.820. The van der Waals surface area contributed by atoms with Crippen molar-refractivity contribution < 1.29 is 4.79 Å². The highest BCUT2D eigenvalue weighted by Gasteiger charge is 2.13. The third kappa shape index (κ3) is 3.93. The van der Waals surface area contributed by atoms with Gasteiger partial charge in [0, 0.05) is 25.5 Å². The van der Waals surface area contributed by atoms with E-state index in [0.717, 1.165) is 11.4 Å². The lowest BCUT2D eigenvalue weighted by atomic mass is 10.1. The van der Waals surface area contributed by atoms with Crippen LogP contribution in [0.1, 0.15) is 11.4 Å². The van der Waals surface area contributed by atoms with Gasteiger partial charge in [0.05, 0.1) is 6.04 Å². The molecule has 0 bridgehead atoms. The Hall–Kier alpha value is -2.14. The molecule has 0 unspecified atom stereocenters. The molecular formula is C15H20N4O. The van der Waals surface area contributed by atoms with E-state index in [-0.39, 0.29) is 5.91 Å². The van der Waals surface area contributed by atoms with E-state index in [2.05, 4.69) is 10.3 Å². The monoisotopic (exact) mass is 272 g/mol. The first-order valence-electron chi connectivity index (χ1n) is 6.72. The summed E-state index contributed by atoms with van der Waals surface area (Å²) < 4.78 is 1.99. The lowest BCUT2D eigenvalue weighted by molar-refractivity contribution is -0.122. The number of imidazole rings is 1. The molecule has 1 atom stereocenters. The Morgan fingerprint density at radius 1 is 1.40 bits per heavy atom. The van der Waals surface area contributed by atoms with Gasteiger partial charge in [0.1, 0.15) is 5.82 Å². The second-order valence-electron chi connectivity index (χ2n) is 4.76. The third-order valence-electron chi connectivity index (χ3n) is 3.21. The summed E-state index contributed by atoms with van der Waals surface area (Å²) in [5, 5.41) is 2.86. The smallest absolute Gasteiger partial charge is 0.237 e. The summed E-state index contributed by atoms with van der Waals surface area (Å²) in [6.45, 7) is 3.19. The van der Waals surface area contributed by atoms with Crippen molar-refractivity contribution in [2.24, 2.45) is 5.73 Å². The summed E-state index contributed by atoms with van der Waals surface area (Å²) in [5.41, 5.74) is 6.98. The molecule has 1 aromatic heterocycles. The summed E-state index contributed by atoms with van der Waals surface area (Å²) in [6, 6.07) is 9.28. The lowest BCUT2D eigenvalue weighted by Crippen LogP contribution is -2.43. The Morgan fingerprint density at radius 3 is 2.80 bits per heavy atom. The van der Waals surface area contributed by atoms with Gasteiger partial charge in [-0.2, -0.15) is 0 Å². The predicted octanol–water partition coefficient (Wildman–Crippen LogP) is 0.878. The van der Waals surface area contributed by atoms with Crippen molar-refractivity contribution in [2.45, 2.75) is 25.9 Å². The molecule has 0 radical (unpaired) electrons. The van der Waals surface area contributed by atoms with Gasteiger partial charge >= 0.3 is 0 Å². The number of benzene rings is 1. The summed E-state index contributed by atoms with van der Waals surface area (Å²) >= 11 is 0. The van der Waals surface area contributed by atoms with Crippen LogP contribution in [0, 0.1) is 6.92 Å². The van der Waals surface area contributed by atoms with Crippen molar-refractivity contribution >= 4 is 5.91 Å². The van der Waals surface area contributed by atoms with Gasteiger partial charge in [-0.1, -0.05) is 30.3 Å². The van der Waals surface area contributed by atoms with Gasteiger partial charge in [0.25, 0.3) is 0 Å². The Bertz CT molecular complexity index is 550. The highest BCUT2D eigenvalue weighted by Crippen LogP contribution is 2.01. The summed E-state index contributed by atoms with van der Waals surface area (Å²) in [5.74, 6) is 0.819. The van der Waals surface area contributed by atoms with Crippen molar-refractivity contribution in [3.05, 3.63) is 54.1 Å². The Kier molecular flexibility index (Phi) is 4.90. The maximum Gasteiger partial charge on any atom is 0.237 e. The molecule has 106 valence electrons. The number of rotatable bonds is 6.